The Bertz CT molecular complexity index is 509. The number of amides is 1. The van der Waals surface area contributed by atoms with E-state index in [9.17, 15) is 9.90 Å². The Morgan fingerprint density at radius 2 is 1.95 bits per heavy atom. The van der Waals surface area contributed by atoms with Crippen LogP contribution in [-0.2, 0) is 0 Å². The molecule has 4 nitrogen and oxygen atoms in total. The van der Waals surface area contributed by atoms with Crippen molar-refractivity contribution in [2.24, 2.45) is 5.92 Å². The third kappa shape index (κ3) is 3.07. The van der Waals surface area contributed by atoms with E-state index >= 15 is 0 Å². The smallest absolute Gasteiger partial charge is 0.255 e. The molecule has 1 heterocycles. The number of carbonyl (C=O) groups is 1. The van der Waals surface area contributed by atoms with Crippen molar-refractivity contribution in [1.29, 1.82) is 0 Å². The Kier molecular flexibility index (Phi) is 3.85. The Morgan fingerprint density at radius 3 is 2.60 bits per heavy atom. The number of halogens is 1. The van der Waals surface area contributed by atoms with Crippen molar-refractivity contribution in [3.8, 4) is 5.75 Å². The maximum Gasteiger partial charge on any atom is 0.255 e. The van der Waals surface area contributed by atoms with Crippen molar-refractivity contribution in [2.75, 3.05) is 32.7 Å². The zero-order chi connectivity index (χ0) is 14.1. The summed E-state index contributed by atoms with van der Waals surface area (Å²) in [5.74, 6) is 0.875. The minimum absolute atomic E-state index is 0.0742. The molecular formula is C15H19ClN2O2. The molecule has 1 N–H and O–H groups in total. The van der Waals surface area contributed by atoms with Gasteiger partial charge < -0.3 is 10.0 Å². The molecule has 0 unspecified atom stereocenters. The summed E-state index contributed by atoms with van der Waals surface area (Å²) in [5, 5.41) is 9.89. The van der Waals surface area contributed by atoms with E-state index in [1.54, 1.807) is 6.07 Å². The quantitative estimate of drug-likeness (QED) is 0.929. The molecule has 2 aliphatic rings. The van der Waals surface area contributed by atoms with Gasteiger partial charge in [0.15, 0.2) is 0 Å². The summed E-state index contributed by atoms with van der Waals surface area (Å²) in [6.07, 6.45) is 2.72. The molecule has 1 aromatic rings. The molecule has 0 bridgehead atoms. The largest absolute Gasteiger partial charge is 0.508 e. The normalized spacial score (nSPS) is 20.1. The first-order valence-electron chi connectivity index (χ1n) is 7.13. The first-order chi connectivity index (χ1) is 9.63. The van der Waals surface area contributed by atoms with Crippen LogP contribution in [0.25, 0.3) is 0 Å². The summed E-state index contributed by atoms with van der Waals surface area (Å²) in [6.45, 7) is 4.50. The highest BCUT2D eigenvalue weighted by atomic mass is 35.5. The van der Waals surface area contributed by atoms with Crippen LogP contribution in [0.3, 0.4) is 0 Å². The van der Waals surface area contributed by atoms with E-state index in [0.717, 1.165) is 32.1 Å². The molecular weight excluding hydrogens is 276 g/mol. The molecule has 1 amide bonds. The minimum Gasteiger partial charge on any atom is -0.508 e. The highest BCUT2D eigenvalue weighted by molar-refractivity contribution is 6.33. The lowest BCUT2D eigenvalue weighted by Crippen LogP contribution is -2.49. The molecule has 20 heavy (non-hydrogen) atoms. The van der Waals surface area contributed by atoms with Gasteiger partial charge in [-0.2, -0.15) is 0 Å². The van der Waals surface area contributed by atoms with Crippen molar-refractivity contribution in [1.82, 2.24) is 9.80 Å². The number of benzene rings is 1. The molecule has 108 valence electrons. The first kappa shape index (κ1) is 13.7. The van der Waals surface area contributed by atoms with E-state index in [0.29, 0.717) is 10.6 Å². The van der Waals surface area contributed by atoms with Gasteiger partial charge in [0, 0.05) is 32.7 Å². The molecule has 2 fully saturated rings. The fraction of sp³-hybridized carbons (Fsp3) is 0.533. The number of hydrogen-bond acceptors (Lipinski definition) is 3. The zero-order valence-electron chi connectivity index (χ0n) is 11.4. The number of phenols is 1. The van der Waals surface area contributed by atoms with Crippen LogP contribution in [0.5, 0.6) is 5.75 Å². The van der Waals surface area contributed by atoms with Gasteiger partial charge in [-0.3, -0.25) is 9.69 Å². The number of aromatic hydroxyl groups is 1. The van der Waals surface area contributed by atoms with Crippen LogP contribution in [0.1, 0.15) is 23.2 Å². The monoisotopic (exact) mass is 294 g/mol. The summed E-state index contributed by atoms with van der Waals surface area (Å²) >= 11 is 6.05. The van der Waals surface area contributed by atoms with Crippen molar-refractivity contribution in [2.45, 2.75) is 12.8 Å². The Hall–Kier alpha value is -1.26. The third-order valence-electron chi connectivity index (χ3n) is 4.05. The third-order valence-corrected chi connectivity index (χ3v) is 4.38. The van der Waals surface area contributed by atoms with Gasteiger partial charge in [-0.1, -0.05) is 11.6 Å². The summed E-state index contributed by atoms with van der Waals surface area (Å²) in [7, 11) is 0. The SMILES string of the molecule is O=C(c1cc(O)ccc1Cl)N1CCN(CC2CC2)CC1. The van der Waals surface area contributed by atoms with Crippen molar-refractivity contribution >= 4 is 17.5 Å². The molecule has 0 radical (unpaired) electrons. The molecule has 0 atom stereocenters. The van der Waals surface area contributed by atoms with E-state index < -0.39 is 0 Å². The summed E-state index contributed by atoms with van der Waals surface area (Å²) < 4.78 is 0. The molecule has 0 aromatic heterocycles. The van der Waals surface area contributed by atoms with Gasteiger partial charge in [-0.25, -0.2) is 0 Å². The number of nitrogens with zero attached hydrogens (tertiary/aromatic N) is 2. The van der Waals surface area contributed by atoms with Gasteiger partial charge in [0.05, 0.1) is 10.6 Å². The second-order valence-electron chi connectivity index (χ2n) is 5.70. The van der Waals surface area contributed by atoms with Crippen LogP contribution in [0.2, 0.25) is 5.02 Å². The topological polar surface area (TPSA) is 43.8 Å². The molecule has 1 saturated carbocycles. The van der Waals surface area contributed by atoms with Crippen LogP contribution in [0.4, 0.5) is 0 Å². The van der Waals surface area contributed by atoms with Gasteiger partial charge in [-0.15, -0.1) is 0 Å². The average Bonchev–Trinajstić information content (AvgIpc) is 3.26. The fourth-order valence-corrected chi connectivity index (χ4v) is 2.84. The Balaban J connectivity index is 1.61. The Morgan fingerprint density at radius 1 is 1.25 bits per heavy atom. The predicted octanol–water partition coefficient (Wildman–Crippen LogP) is 2.21. The van der Waals surface area contributed by atoms with Gasteiger partial charge in [-0.05, 0) is 37.0 Å². The maximum absolute atomic E-state index is 12.4. The number of carbonyl (C=O) groups excluding carboxylic acids is 1. The molecule has 3 rings (SSSR count). The summed E-state index contributed by atoms with van der Waals surface area (Å²) in [4.78, 5) is 16.7. The molecule has 0 spiro atoms. The molecule has 1 saturated heterocycles. The second kappa shape index (κ2) is 5.62. The zero-order valence-corrected chi connectivity index (χ0v) is 12.1. The lowest BCUT2D eigenvalue weighted by Gasteiger charge is -2.35. The van der Waals surface area contributed by atoms with Gasteiger partial charge >= 0.3 is 0 Å². The van der Waals surface area contributed by atoms with Crippen molar-refractivity contribution < 1.29 is 9.90 Å². The van der Waals surface area contributed by atoms with Crippen molar-refractivity contribution in [3.63, 3.8) is 0 Å². The molecule has 5 heteroatoms. The number of piperazine rings is 1. The lowest BCUT2D eigenvalue weighted by atomic mass is 10.1. The number of hydrogen-bond donors (Lipinski definition) is 1. The van der Waals surface area contributed by atoms with E-state index in [-0.39, 0.29) is 11.7 Å². The summed E-state index contributed by atoms with van der Waals surface area (Å²) in [5.41, 5.74) is 0.391. The number of rotatable bonds is 3. The van der Waals surface area contributed by atoms with E-state index in [1.807, 2.05) is 4.90 Å². The van der Waals surface area contributed by atoms with Gasteiger partial charge in [0.25, 0.3) is 5.91 Å². The van der Waals surface area contributed by atoms with Crippen LogP contribution >= 0.6 is 11.6 Å². The number of phenolic OH excluding ortho intramolecular Hbond substituents is 1. The van der Waals surface area contributed by atoms with Crippen LogP contribution in [-0.4, -0.2) is 53.5 Å². The van der Waals surface area contributed by atoms with E-state index in [1.165, 1.54) is 31.5 Å². The molecule has 1 aliphatic heterocycles. The fourth-order valence-electron chi connectivity index (χ4n) is 2.65. The van der Waals surface area contributed by atoms with E-state index in [2.05, 4.69) is 4.90 Å². The maximum atomic E-state index is 12.4. The summed E-state index contributed by atoms with van der Waals surface area (Å²) in [6, 6.07) is 4.50. The Labute approximate surface area is 123 Å². The lowest BCUT2D eigenvalue weighted by molar-refractivity contribution is 0.0632. The van der Waals surface area contributed by atoms with Gasteiger partial charge in [0.2, 0.25) is 0 Å². The van der Waals surface area contributed by atoms with Crippen molar-refractivity contribution in [3.05, 3.63) is 28.8 Å². The minimum atomic E-state index is -0.0861. The molecule has 1 aromatic carbocycles. The average molecular weight is 295 g/mol. The molecule has 1 aliphatic carbocycles. The highest BCUT2D eigenvalue weighted by Crippen LogP contribution is 2.30. The van der Waals surface area contributed by atoms with Crippen LogP contribution < -0.4 is 0 Å². The second-order valence-corrected chi connectivity index (χ2v) is 6.11. The van der Waals surface area contributed by atoms with Crippen LogP contribution in [0.15, 0.2) is 18.2 Å². The van der Waals surface area contributed by atoms with Gasteiger partial charge in [0.1, 0.15) is 5.75 Å². The first-order valence-corrected chi connectivity index (χ1v) is 7.51. The van der Waals surface area contributed by atoms with Crippen LogP contribution in [0, 0.1) is 5.92 Å². The standard InChI is InChI=1S/C15H19ClN2O2/c16-14-4-3-12(19)9-13(14)15(20)18-7-5-17(6-8-18)10-11-1-2-11/h3-4,9,11,19H,1-2,5-8,10H2. The highest BCUT2D eigenvalue weighted by Gasteiger charge is 2.28. The van der Waals surface area contributed by atoms with E-state index in [4.69, 9.17) is 11.6 Å². The predicted molar refractivity (Wildman–Crippen MR) is 78.2 cm³/mol.